The van der Waals surface area contributed by atoms with Crippen molar-refractivity contribution in [2.75, 3.05) is 0 Å². The first-order valence-electron chi connectivity index (χ1n) is 12.2. The van der Waals surface area contributed by atoms with Crippen LogP contribution in [-0.2, 0) is 36.1 Å². The van der Waals surface area contributed by atoms with Crippen LogP contribution in [0.4, 0.5) is 13.2 Å². The molecule has 0 unspecified atom stereocenters. The lowest BCUT2D eigenvalue weighted by Crippen LogP contribution is -2.31. The Kier molecular flexibility index (Phi) is 9.15. The highest BCUT2D eigenvalue weighted by Gasteiger charge is 2.39. The number of nitrogens with zero attached hydrogens (tertiary/aromatic N) is 1. The Hall–Kier alpha value is -3.99. The Morgan fingerprint density at radius 1 is 1.09 bits per heavy atom. The van der Waals surface area contributed by atoms with Crippen molar-refractivity contribution in [1.29, 1.82) is 0 Å². The third-order valence-electron chi connectivity index (χ3n) is 6.18. The molecule has 2 atom stereocenters. The third-order valence-corrected chi connectivity index (χ3v) is 9.68. The number of aromatic amines is 1. The maximum Gasteiger partial charge on any atom is 0.490 e. The van der Waals surface area contributed by atoms with Crippen molar-refractivity contribution < 1.29 is 44.7 Å². The number of H-pyrrole nitrogens is 1. The molecule has 0 aliphatic carbocycles. The van der Waals surface area contributed by atoms with Crippen LogP contribution in [0.1, 0.15) is 34.7 Å². The Bertz CT molecular complexity index is 1850. The lowest BCUT2D eigenvalue weighted by molar-refractivity contribution is -0.192. The highest BCUT2D eigenvalue weighted by atomic mass is 35.5. The van der Waals surface area contributed by atoms with E-state index in [-0.39, 0.29) is 22.8 Å². The third kappa shape index (κ3) is 7.70. The normalized spacial score (nSPS) is 17.1. The minimum Gasteiger partial charge on any atom is -0.475 e. The minimum absolute atomic E-state index is 0.114. The highest BCUT2D eigenvalue weighted by Crippen LogP contribution is 2.35. The number of hydrogen-bond donors (Lipinski definition) is 4. The van der Waals surface area contributed by atoms with Gasteiger partial charge in [-0.05, 0) is 47.9 Å². The van der Waals surface area contributed by atoms with Gasteiger partial charge in [0.1, 0.15) is 11.1 Å². The van der Waals surface area contributed by atoms with Crippen molar-refractivity contribution in [1.82, 2.24) is 19.4 Å². The first kappa shape index (κ1) is 31.9. The summed E-state index contributed by atoms with van der Waals surface area (Å²) in [5.74, 6) is -2.92. The molecule has 4 N–H and O–H groups in total. The highest BCUT2D eigenvalue weighted by molar-refractivity contribution is 7.90. The van der Waals surface area contributed by atoms with Crippen LogP contribution in [-0.4, -0.2) is 50.0 Å². The molecule has 1 aliphatic heterocycles. The number of hydrogen-bond acceptors (Lipinski definition) is 7. The summed E-state index contributed by atoms with van der Waals surface area (Å²) >= 11 is 6.44. The molecular weight excluding hydrogens is 637 g/mol. The van der Waals surface area contributed by atoms with Gasteiger partial charge in [-0.2, -0.15) is 13.2 Å². The Balaban J connectivity index is 0.000000541. The molecule has 1 fully saturated rings. The quantitative estimate of drug-likeness (QED) is 0.230. The van der Waals surface area contributed by atoms with E-state index in [1.54, 1.807) is 36.4 Å². The molecule has 0 radical (unpaired) electrons. The van der Waals surface area contributed by atoms with E-state index >= 15 is 0 Å². The molecule has 1 amide bonds. The monoisotopic (exact) mass is 658 g/mol. The van der Waals surface area contributed by atoms with Crippen LogP contribution in [0.3, 0.4) is 0 Å². The van der Waals surface area contributed by atoms with Crippen LogP contribution in [0.2, 0.25) is 5.02 Å². The number of rotatable bonds is 7. The van der Waals surface area contributed by atoms with E-state index in [1.165, 1.54) is 12.1 Å². The van der Waals surface area contributed by atoms with Gasteiger partial charge in [0, 0.05) is 5.02 Å². The van der Waals surface area contributed by atoms with E-state index in [0.717, 1.165) is 5.52 Å². The average molecular weight is 659 g/mol. The van der Waals surface area contributed by atoms with E-state index in [4.69, 9.17) is 21.5 Å². The molecule has 1 aliphatic rings. The van der Waals surface area contributed by atoms with Crippen molar-refractivity contribution in [3.05, 3.63) is 94.8 Å². The maximum absolute atomic E-state index is 13.1. The van der Waals surface area contributed by atoms with E-state index in [2.05, 4.69) is 14.7 Å². The Morgan fingerprint density at radius 2 is 1.72 bits per heavy atom. The number of para-hydroxylation sites is 2. The van der Waals surface area contributed by atoms with Gasteiger partial charge in [-0.25, -0.2) is 31.3 Å². The first-order chi connectivity index (χ1) is 20.1. The minimum atomic E-state index is -5.08. The van der Waals surface area contributed by atoms with Crippen molar-refractivity contribution >= 4 is 54.6 Å². The molecule has 228 valence electrons. The van der Waals surface area contributed by atoms with Gasteiger partial charge < -0.3 is 10.1 Å². The molecule has 1 saturated heterocycles. The standard InChI is InChI=1S/C24H21ClN4O5S2.C2HF3O2/c25-18-12-15(10-11-17(18)22-14-23(30)29-36(22,33)34)13-21(24-26-19-8-4-5-9-20(19)27-24)28-35(31,32)16-6-2-1-3-7-16;3-2(4,5)1(6)7/h1-12,21-22,28H,13-14H2,(H,26,27)(H,29,30);(H,6,7)/t21-,22-;/m0./s1. The van der Waals surface area contributed by atoms with Gasteiger partial charge >= 0.3 is 12.1 Å². The number of halogens is 4. The molecule has 0 saturated carbocycles. The Morgan fingerprint density at radius 3 is 2.28 bits per heavy atom. The average Bonchev–Trinajstić information content (AvgIpc) is 3.48. The lowest BCUT2D eigenvalue weighted by atomic mass is 10.0. The van der Waals surface area contributed by atoms with Crippen LogP contribution in [0.25, 0.3) is 11.0 Å². The summed E-state index contributed by atoms with van der Waals surface area (Å²) in [6, 6.07) is 19.4. The second-order valence-corrected chi connectivity index (χ2v) is 13.2. The lowest BCUT2D eigenvalue weighted by Gasteiger charge is -2.18. The zero-order chi connectivity index (χ0) is 31.6. The van der Waals surface area contributed by atoms with Gasteiger partial charge in [0.25, 0.3) is 0 Å². The number of aromatic nitrogens is 2. The number of aliphatic carboxylic acids is 1. The van der Waals surface area contributed by atoms with Crippen LogP contribution < -0.4 is 9.44 Å². The van der Waals surface area contributed by atoms with E-state index in [9.17, 15) is 34.8 Å². The topological polar surface area (TPSA) is 175 Å². The summed E-state index contributed by atoms with van der Waals surface area (Å²) in [4.78, 5) is 28.4. The number of carboxylic acid groups (broad SMARTS) is 1. The summed E-state index contributed by atoms with van der Waals surface area (Å²) in [7, 11) is -7.74. The summed E-state index contributed by atoms with van der Waals surface area (Å²) in [5.41, 5.74) is 2.41. The largest absolute Gasteiger partial charge is 0.490 e. The molecule has 5 rings (SSSR count). The zero-order valence-corrected chi connectivity index (χ0v) is 24.1. The van der Waals surface area contributed by atoms with Gasteiger partial charge in [-0.15, -0.1) is 0 Å². The van der Waals surface area contributed by atoms with Gasteiger partial charge in [0.15, 0.2) is 0 Å². The van der Waals surface area contributed by atoms with E-state index in [0.29, 0.717) is 22.5 Å². The van der Waals surface area contributed by atoms with Crippen molar-refractivity contribution in [3.63, 3.8) is 0 Å². The molecule has 4 aromatic rings. The predicted molar refractivity (Wildman–Crippen MR) is 149 cm³/mol. The maximum atomic E-state index is 13.1. The fourth-order valence-corrected chi connectivity index (χ4v) is 7.28. The number of sulfonamides is 2. The number of carbonyl (C=O) groups excluding carboxylic acids is 1. The second-order valence-electron chi connectivity index (χ2n) is 9.25. The number of carbonyl (C=O) groups is 2. The van der Waals surface area contributed by atoms with Crippen LogP contribution in [0.15, 0.2) is 77.7 Å². The van der Waals surface area contributed by atoms with Gasteiger partial charge in [-0.3, -0.25) is 9.52 Å². The molecule has 0 bridgehead atoms. The number of amides is 1. The molecule has 2 heterocycles. The number of fused-ring (bicyclic) bond motifs is 1. The molecule has 0 spiro atoms. The molecule has 43 heavy (non-hydrogen) atoms. The summed E-state index contributed by atoms with van der Waals surface area (Å²) in [6.45, 7) is 0. The fourth-order valence-electron chi connectivity index (χ4n) is 4.21. The summed E-state index contributed by atoms with van der Waals surface area (Å²) in [5, 5.41) is 6.22. The van der Waals surface area contributed by atoms with E-state index < -0.39 is 49.4 Å². The van der Waals surface area contributed by atoms with Gasteiger partial charge in [0.2, 0.25) is 26.0 Å². The molecular formula is C26H22ClF3N4O7S2. The summed E-state index contributed by atoms with van der Waals surface area (Å²) in [6.07, 6.45) is -5.11. The Labute approximate surface area is 248 Å². The smallest absolute Gasteiger partial charge is 0.475 e. The van der Waals surface area contributed by atoms with Gasteiger partial charge in [-0.1, -0.05) is 54.1 Å². The van der Waals surface area contributed by atoms with Crippen molar-refractivity contribution in [2.45, 2.75) is 35.2 Å². The fraction of sp³-hybridized carbons (Fsp3) is 0.192. The first-order valence-corrected chi connectivity index (χ1v) is 15.6. The second kappa shape index (κ2) is 12.3. The van der Waals surface area contributed by atoms with Gasteiger partial charge in [0.05, 0.1) is 28.4 Å². The number of imidazole rings is 1. The summed E-state index contributed by atoms with van der Waals surface area (Å²) < 4.78 is 87.2. The molecule has 3 aromatic carbocycles. The molecule has 11 nitrogen and oxygen atoms in total. The van der Waals surface area contributed by atoms with Crippen LogP contribution >= 0.6 is 11.6 Å². The number of alkyl halides is 3. The molecule has 1 aromatic heterocycles. The number of nitrogens with one attached hydrogen (secondary N) is 3. The number of benzene rings is 3. The van der Waals surface area contributed by atoms with E-state index in [1.807, 2.05) is 29.0 Å². The zero-order valence-electron chi connectivity index (χ0n) is 21.7. The SMILES string of the molecule is O=C(O)C(F)(F)F.O=C1C[C@@H](c2ccc(C[C@H](NS(=O)(=O)c3ccccc3)c3nc4ccccc4[nH]3)cc2Cl)S(=O)(=O)N1. The van der Waals surface area contributed by atoms with Crippen LogP contribution in [0.5, 0.6) is 0 Å². The number of carboxylic acids is 1. The molecule has 17 heteroatoms. The van der Waals surface area contributed by atoms with Crippen LogP contribution in [0, 0.1) is 0 Å². The predicted octanol–water partition coefficient (Wildman–Crippen LogP) is 4.00. The van der Waals surface area contributed by atoms with Crippen molar-refractivity contribution in [3.8, 4) is 0 Å². The van der Waals surface area contributed by atoms with Crippen molar-refractivity contribution in [2.24, 2.45) is 0 Å².